The van der Waals surface area contributed by atoms with Gasteiger partial charge in [-0.15, -0.1) is 0 Å². The van der Waals surface area contributed by atoms with Gasteiger partial charge < -0.3 is 15.7 Å². The summed E-state index contributed by atoms with van der Waals surface area (Å²) in [4.78, 5) is 21.8. The Morgan fingerprint density at radius 3 is 1.93 bits per heavy atom. The maximum Gasteiger partial charge on any atom is 0.325 e. The minimum absolute atomic E-state index is 0.0292. The molecule has 0 rings (SSSR count). The molecule has 0 aromatic heterocycles. The van der Waals surface area contributed by atoms with Gasteiger partial charge >= 0.3 is 12.0 Å². The van der Waals surface area contributed by atoms with E-state index in [1.165, 1.54) is 6.92 Å². The quantitative estimate of drug-likeness (QED) is 0.663. The predicted molar refractivity (Wildman–Crippen MR) is 57.7 cm³/mol. The highest BCUT2D eigenvalue weighted by Gasteiger charge is 2.22. The first-order chi connectivity index (χ1) is 6.64. The summed E-state index contributed by atoms with van der Waals surface area (Å²) in [6.45, 7) is 9.30. The Morgan fingerprint density at radius 1 is 1.13 bits per heavy atom. The molecular weight excluding hydrogens is 196 g/mol. The normalized spacial score (nSPS) is 15.3. The van der Waals surface area contributed by atoms with Crippen molar-refractivity contribution in [3.05, 3.63) is 0 Å². The molecule has 0 spiro atoms. The zero-order chi connectivity index (χ0) is 12.2. The van der Waals surface area contributed by atoms with Crippen LogP contribution in [0.1, 0.15) is 34.6 Å². The minimum Gasteiger partial charge on any atom is -0.480 e. The number of urea groups is 1. The lowest BCUT2D eigenvalue weighted by molar-refractivity contribution is -0.138. The van der Waals surface area contributed by atoms with E-state index >= 15 is 0 Å². The number of amides is 2. The molecule has 15 heavy (non-hydrogen) atoms. The van der Waals surface area contributed by atoms with Gasteiger partial charge in [0.15, 0.2) is 0 Å². The van der Waals surface area contributed by atoms with Crippen molar-refractivity contribution in [3.8, 4) is 0 Å². The number of rotatable bonds is 3. The molecule has 0 aliphatic rings. The van der Waals surface area contributed by atoms with Crippen LogP contribution < -0.4 is 10.6 Å². The summed E-state index contributed by atoms with van der Waals surface area (Å²) in [5.74, 6) is -1.05. The zero-order valence-corrected chi connectivity index (χ0v) is 9.92. The van der Waals surface area contributed by atoms with Crippen molar-refractivity contribution in [2.75, 3.05) is 0 Å². The molecule has 0 aromatic rings. The smallest absolute Gasteiger partial charge is 0.325 e. The average Bonchev–Trinajstić information content (AvgIpc) is 2.01. The van der Waals surface area contributed by atoms with Gasteiger partial charge in [-0.2, -0.15) is 0 Å². The Bertz CT molecular complexity index is 246. The Hall–Kier alpha value is -1.26. The van der Waals surface area contributed by atoms with Crippen molar-refractivity contribution in [1.29, 1.82) is 0 Å². The third kappa shape index (κ3) is 5.24. The second-order valence-corrected chi connectivity index (χ2v) is 4.77. The summed E-state index contributed by atoms with van der Waals surface area (Å²) < 4.78 is 0. The van der Waals surface area contributed by atoms with Crippen LogP contribution in [0, 0.1) is 5.41 Å². The summed E-state index contributed by atoms with van der Waals surface area (Å²) in [5.41, 5.74) is -0.0518. The van der Waals surface area contributed by atoms with E-state index < -0.39 is 18.0 Å². The fourth-order valence-corrected chi connectivity index (χ4v) is 0.713. The highest BCUT2D eigenvalue weighted by Crippen LogP contribution is 2.18. The van der Waals surface area contributed by atoms with E-state index in [1.807, 2.05) is 27.7 Å². The summed E-state index contributed by atoms with van der Waals surface area (Å²) in [6.07, 6.45) is 0. The van der Waals surface area contributed by atoms with E-state index in [0.29, 0.717) is 0 Å². The molecule has 0 aliphatic heterocycles. The molecule has 5 nitrogen and oxygen atoms in total. The molecule has 88 valence electrons. The molecule has 0 saturated carbocycles. The monoisotopic (exact) mass is 216 g/mol. The number of nitrogens with one attached hydrogen (secondary N) is 2. The number of hydrogen-bond donors (Lipinski definition) is 3. The summed E-state index contributed by atoms with van der Waals surface area (Å²) in [6, 6.07) is -1.36. The first kappa shape index (κ1) is 13.7. The number of hydrogen-bond acceptors (Lipinski definition) is 2. The molecule has 0 radical (unpaired) electrons. The van der Waals surface area contributed by atoms with Crippen molar-refractivity contribution in [3.63, 3.8) is 0 Å². The molecule has 2 atom stereocenters. The Labute approximate surface area is 90.2 Å². The highest BCUT2D eigenvalue weighted by molar-refractivity contribution is 5.82. The zero-order valence-electron chi connectivity index (χ0n) is 9.92. The van der Waals surface area contributed by atoms with Crippen LogP contribution in [-0.2, 0) is 4.79 Å². The molecular formula is C10H20N2O3. The molecule has 0 aliphatic carbocycles. The van der Waals surface area contributed by atoms with Gasteiger partial charge in [0.1, 0.15) is 6.04 Å². The number of aliphatic carboxylic acids is 1. The number of carboxylic acid groups (broad SMARTS) is 1. The second kappa shape index (κ2) is 5.00. The van der Waals surface area contributed by atoms with E-state index in [9.17, 15) is 9.59 Å². The van der Waals surface area contributed by atoms with Crippen molar-refractivity contribution >= 4 is 12.0 Å². The average molecular weight is 216 g/mol. The molecule has 2 amide bonds. The molecule has 0 saturated heterocycles. The van der Waals surface area contributed by atoms with Crippen molar-refractivity contribution < 1.29 is 14.7 Å². The molecule has 5 heteroatoms. The Balaban J connectivity index is 4.11. The second-order valence-electron chi connectivity index (χ2n) is 4.77. The summed E-state index contributed by atoms with van der Waals surface area (Å²) in [7, 11) is 0. The maximum atomic E-state index is 11.3. The van der Waals surface area contributed by atoms with Gasteiger partial charge in [0, 0.05) is 6.04 Å². The van der Waals surface area contributed by atoms with Gasteiger partial charge in [-0.3, -0.25) is 4.79 Å². The Morgan fingerprint density at radius 2 is 1.60 bits per heavy atom. The van der Waals surface area contributed by atoms with Crippen LogP contribution in [0.25, 0.3) is 0 Å². The largest absolute Gasteiger partial charge is 0.480 e. The number of carboxylic acids is 1. The summed E-state index contributed by atoms with van der Waals surface area (Å²) in [5, 5.41) is 13.6. The van der Waals surface area contributed by atoms with Gasteiger partial charge in [0.05, 0.1) is 0 Å². The lowest BCUT2D eigenvalue weighted by Crippen LogP contribution is -2.50. The van der Waals surface area contributed by atoms with Gasteiger partial charge in [-0.05, 0) is 19.3 Å². The molecule has 0 fully saturated rings. The molecule has 3 N–H and O–H groups in total. The number of carbonyl (C=O) groups excluding carboxylic acids is 1. The van der Waals surface area contributed by atoms with E-state index in [1.54, 1.807) is 0 Å². The van der Waals surface area contributed by atoms with E-state index in [0.717, 1.165) is 0 Å². The highest BCUT2D eigenvalue weighted by atomic mass is 16.4. The third-order valence-electron chi connectivity index (χ3n) is 2.36. The van der Waals surface area contributed by atoms with Gasteiger partial charge in [-0.25, -0.2) is 4.79 Å². The summed E-state index contributed by atoms with van der Waals surface area (Å²) >= 11 is 0. The Kier molecular flexibility index (Phi) is 4.58. The van der Waals surface area contributed by atoms with Crippen LogP contribution >= 0.6 is 0 Å². The first-order valence-electron chi connectivity index (χ1n) is 4.94. The third-order valence-corrected chi connectivity index (χ3v) is 2.36. The lowest BCUT2D eigenvalue weighted by Gasteiger charge is -2.28. The van der Waals surface area contributed by atoms with Crippen molar-refractivity contribution in [2.24, 2.45) is 5.41 Å². The fourth-order valence-electron chi connectivity index (χ4n) is 0.713. The standard InChI is InChI=1S/C10H20N2O3/c1-6(8(13)14)11-9(15)12-7(2)10(3,4)5/h6-7H,1-5H3,(H,13,14)(H2,11,12,15)/t6-,7?/m0/s1. The van der Waals surface area contributed by atoms with Crippen LogP contribution in [0.2, 0.25) is 0 Å². The van der Waals surface area contributed by atoms with Crippen LogP contribution in [0.4, 0.5) is 4.79 Å². The van der Waals surface area contributed by atoms with Crippen molar-refractivity contribution in [1.82, 2.24) is 10.6 Å². The van der Waals surface area contributed by atoms with Crippen LogP contribution in [0.3, 0.4) is 0 Å². The van der Waals surface area contributed by atoms with Gasteiger partial charge in [0.2, 0.25) is 0 Å². The number of carbonyl (C=O) groups is 2. The van der Waals surface area contributed by atoms with Gasteiger partial charge in [0.25, 0.3) is 0 Å². The molecule has 0 heterocycles. The van der Waals surface area contributed by atoms with E-state index in [-0.39, 0.29) is 11.5 Å². The molecule has 1 unspecified atom stereocenters. The van der Waals surface area contributed by atoms with Crippen molar-refractivity contribution in [2.45, 2.75) is 46.7 Å². The fraction of sp³-hybridized carbons (Fsp3) is 0.800. The predicted octanol–water partition coefficient (Wildman–Crippen LogP) is 1.19. The molecule has 0 bridgehead atoms. The maximum absolute atomic E-state index is 11.3. The van der Waals surface area contributed by atoms with E-state index in [2.05, 4.69) is 10.6 Å². The van der Waals surface area contributed by atoms with Crippen LogP contribution in [-0.4, -0.2) is 29.2 Å². The van der Waals surface area contributed by atoms with Crippen LogP contribution in [0.15, 0.2) is 0 Å². The van der Waals surface area contributed by atoms with Gasteiger partial charge in [-0.1, -0.05) is 20.8 Å². The minimum atomic E-state index is -1.05. The lowest BCUT2D eigenvalue weighted by atomic mass is 9.88. The SMILES string of the molecule is CC(NC(=O)N[C@@H](C)C(=O)O)C(C)(C)C. The van der Waals surface area contributed by atoms with Crippen LogP contribution in [0.5, 0.6) is 0 Å². The first-order valence-corrected chi connectivity index (χ1v) is 4.94. The topological polar surface area (TPSA) is 78.4 Å². The van der Waals surface area contributed by atoms with E-state index in [4.69, 9.17) is 5.11 Å². The molecule has 0 aromatic carbocycles.